The van der Waals surface area contributed by atoms with Gasteiger partial charge in [-0.25, -0.2) is 4.39 Å². The lowest BCUT2D eigenvalue weighted by molar-refractivity contribution is -0.122. The van der Waals surface area contributed by atoms with E-state index < -0.39 is 17.0 Å². The highest BCUT2D eigenvalue weighted by Crippen LogP contribution is 2.32. The van der Waals surface area contributed by atoms with Crippen LogP contribution < -0.4 is 10.1 Å². The number of carbonyl (C=O) groups excluding carboxylic acids is 2. The first-order chi connectivity index (χ1) is 12.1. The van der Waals surface area contributed by atoms with Crippen molar-refractivity contribution in [2.75, 3.05) is 19.1 Å². The number of hydrogen-bond donors (Lipinski definition) is 1. The molecule has 0 aromatic heterocycles. The van der Waals surface area contributed by atoms with Crippen molar-refractivity contribution in [3.63, 3.8) is 0 Å². The predicted molar refractivity (Wildman–Crippen MR) is 95.7 cm³/mol. The number of methoxy groups -OCH3 is 1. The minimum Gasteiger partial charge on any atom is -0.497 e. The van der Waals surface area contributed by atoms with Gasteiger partial charge in [0.2, 0.25) is 0 Å². The van der Waals surface area contributed by atoms with E-state index in [1.165, 1.54) is 12.1 Å². The van der Waals surface area contributed by atoms with Gasteiger partial charge in [0.25, 0.3) is 11.1 Å². The summed E-state index contributed by atoms with van der Waals surface area (Å²) in [7, 11) is 1.57. The molecule has 1 aliphatic heterocycles. The van der Waals surface area contributed by atoms with Gasteiger partial charge in [0.15, 0.2) is 0 Å². The second-order valence-corrected chi connectivity index (χ2v) is 6.19. The van der Waals surface area contributed by atoms with E-state index >= 15 is 0 Å². The maximum Gasteiger partial charge on any atom is 0.295 e. The highest BCUT2D eigenvalue weighted by molar-refractivity contribution is 8.18. The minimum atomic E-state index is -0.445. The molecule has 0 spiro atoms. The molecular formula is C18H15FN2O3S. The number of benzene rings is 2. The van der Waals surface area contributed by atoms with Gasteiger partial charge < -0.3 is 10.1 Å². The van der Waals surface area contributed by atoms with Crippen LogP contribution >= 0.6 is 11.8 Å². The maximum atomic E-state index is 13.7. The van der Waals surface area contributed by atoms with Gasteiger partial charge in [-0.3, -0.25) is 14.5 Å². The minimum absolute atomic E-state index is 0.0333. The van der Waals surface area contributed by atoms with Crippen molar-refractivity contribution in [2.24, 2.45) is 0 Å². The van der Waals surface area contributed by atoms with Crippen molar-refractivity contribution in [2.45, 2.75) is 0 Å². The van der Waals surface area contributed by atoms with Crippen molar-refractivity contribution < 1.29 is 18.7 Å². The van der Waals surface area contributed by atoms with Crippen molar-refractivity contribution in [3.8, 4) is 5.75 Å². The lowest BCUT2D eigenvalue weighted by Gasteiger charge is -2.14. The molecule has 1 saturated heterocycles. The Bertz CT molecular complexity index is 836. The van der Waals surface area contributed by atoms with Gasteiger partial charge in [0, 0.05) is 11.3 Å². The van der Waals surface area contributed by atoms with Gasteiger partial charge in [0.05, 0.1) is 18.7 Å². The number of rotatable bonds is 5. The van der Waals surface area contributed by atoms with Crippen LogP contribution in [0.4, 0.5) is 14.9 Å². The Morgan fingerprint density at radius 3 is 2.56 bits per heavy atom. The molecule has 0 atom stereocenters. The topological polar surface area (TPSA) is 58.6 Å². The molecule has 2 aromatic rings. The number of amides is 2. The summed E-state index contributed by atoms with van der Waals surface area (Å²) < 4.78 is 18.8. The van der Waals surface area contributed by atoms with Gasteiger partial charge in [-0.2, -0.15) is 0 Å². The van der Waals surface area contributed by atoms with Gasteiger partial charge >= 0.3 is 0 Å². The molecule has 0 aliphatic carbocycles. The summed E-state index contributed by atoms with van der Waals surface area (Å²) in [6.07, 6.45) is 1.40. The van der Waals surface area contributed by atoms with Crippen LogP contribution in [0.25, 0.3) is 6.08 Å². The molecule has 5 nitrogen and oxygen atoms in total. The molecular weight excluding hydrogens is 343 g/mol. The number of imide groups is 1. The number of halogens is 1. The normalized spacial score (nSPS) is 15.8. The Labute approximate surface area is 148 Å². The molecule has 2 amide bonds. The third-order valence-electron chi connectivity index (χ3n) is 3.60. The van der Waals surface area contributed by atoms with E-state index in [2.05, 4.69) is 5.32 Å². The van der Waals surface area contributed by atoms with Crippen molar-refractivity contribution >= 4 is 34.7 Å². The molecule has 7 heteroatoms. The molecule has 0 unspecified atom stereocenters. The molecule has 128 valence electrons. The van der Waals surface area contributed by atoms with E-state index in [4.69, 9.17) is 4.74 Å². The smallest absolute Gasteiger partial charge is 0.295 e. The molecule has 0 bridgehead atoms. The number of anilines is 1. The highest BCUT2D eigenvalue weighted by Gasteiger charge is 2.34. The Morgan fingerprint density at radius 1 is 1.16 bits per heavy atom. The van der Waals surface area contributed by atoms with Gasteiger partial charge in [-0.05, 0) is 48.2 Å². The van der Waals surface area contributed by atoms with E-state index in [1.807, 2.05) is 0 Å². The van der Waals surface area contributed by atoms with E-state index in [1.54, 1.807) is 49.6 Å². The largest absolute Gasteiger partial charge is 0.497 e. The second kappa shape index (κ2) is 7.40. The van der Waals surface area contributed by atoms with Crippen LogP contribution in [0.3, 0.4) is 0 Å². The van der Waals surface area contributed by atoms with Crippen LogP contribution in [0, 0.1) is 5.82 Å². The zero-order valence-corrected chi connectivity index (χ0v) is 14.2. The molecule has 0 radical (unpaired) electrons. The molecule has 3 rings (SSSR count). The zero-order valence-electron chi connectivity index (χ0n) is 13.4. The number of ether oxygens (including phenoxy) is 1. The summed E-state index contributed by atoms with van der Waals surface area (Å²) >= 11 is 0.798. The fraction of sp³-hybridized carbons (Fsp3) is 0.111. The lowest BCUT2D eigenvalue weighted by atomic mass is 10.2. The Hall–Kier alpha value is -2.80. The molecule has 25 heavy (non-hydrogen) atoms. The standard InChI is InChI=1S/C18H15FN2O3S/c1-24-14-8-6-13(7-9-14)20-11-21-17(22)16(25-18(21)23)10-12-4-2-3-5-15(12)19/h2-10,20H,11H2,1H3/b16-10+. The Balaban J connectivity index is 1.70. The monoisotopic (exact) mass is 358 g/mol. The maximum absolute atomic E-state index is 13.7. The van der Waals surface area contributed by atoms with Crippen LogP contribution in [-0.4, -0.2) is 29.8 Å². The van der Waals surface area contributed by atoms with E-state index in [9.17, 15) is 14.0 Å². The Morgan fingerprint density at radius 2 is 1.88 bits per heavy atom. The van der Waals surface area contributed by atoms with Gasteiger partial charge in [-0.15, -0.1) is 0 Å². The summed E-state index contributed by atoms with van der Waals surface area (Å²) in [6.45, 7) is 0.0333. The van der Waals surface area contributed by atoms with Crippen LogP contribution in [0.2, 0.25) is 0 Å². The fourth-order valence-corrected chi connectivity index (χ4v) is 3.08. The van der Waals surface area contributed by atoms with Crippen molar-refractivity contribution in [1.29, 1.82) is 0 Å². The van der Waals surface area contributed by atoms with E-state index in [0.717, 1.165) is 22.3 Å². The van der Waals surface area contributed by atoms with Crippen LogP contribution in [0.1, 0.15) is 5.56 Å². The summed E-state index contributed by atoms with van der Waals surface area (Å²) in [5.74, 6) is -0.172. The summed E-state index contributed by atoms with van der Waals surface area (Å²) in [6, 6.07) is 13.2. The average molecular weight is 358 g/mol. The number of nitrogens with one attached hydrogen (secondary N) is 1. The second-order valence-electron chi connectivity index (χ2n) is 5.19. The highest BCUT2D eigenvalue weighted by atomic mass is 32.2. The quantitative estimate of drug-likeness (QED) is 0.821. The first kappa shape index (κ1) is 17.0. The fourth-order valence-electron chi connectivity index (χ4n) is 2.25. The average Bonchev–Trinajstić information content (AvgIpc) is 2.89. The number of hydrogen-bond acceptors (Lipinski definition) is 5. The molecule has 1 fully saturated rings. The summed E-state index contributed by atoms with van der Waals surface area (Å²) in [5, 5.41) is 2.61. The van der Waals surface area contributed by atoms with Crippen molar-refractivity contribution in [3.05, 3.63) is 64.8 Å². The summed E-state index contributed by atoms with van der Waals surface area (Å²) in [4.78, 5) is 25.7. The summed E-state index contributed by atoms with van der Waals surface area (Å²) in [5.41, 5.74) is 1.02. The molecule has 1 heterocycles. The van der Waals surface area contributed by atoms with Crippen LogP contribution in [0.5, 0.6) is 5.75 Å². The van der Waals surface area contributed by atoms with E-state index in [-0.39, 0.29) is 17.1 Å². The predicted octanol–water partition coefficient (Wildman–Crippen LogP) is 3.94. The first-order valence-electron chi connectivity index (χ1n) is 7.46. The third kappa shape index (κ3) is 3.83. The SMILES string of the molecule is COc1ccc(NCN2C(=O)S/C(=C/c3ccccc3F)C2=O)cc1. The third-order valence-corrected chi connectivity index (χ3v) is 4.50. The lowest BCUT2D eigenvalue weighted by Crippen LogP contribution is -2.33. The first-order valence-corrected chi connectivity index (χ1v) is 8.28. The Kier molecular flexibility index (Phi) is 5.04. The number of thioether (sulfide) groups is 1. The molecule has 0 saturated carbocycles. The number of nitrogens with zero attached hydrogens (tertiary/aromatic N) is 1. The van der Waals surface area contributed by atoms with Gasteiger partial charge in [0.1, 0.15) is 11.6 Å². The zero-order chi connectivity index (χ0) is 17.8. The van der Waals surface area contributed by atoms with Crippen LogP contribution in [-0.2, 0) is 4.79 Å². The van der Waals surface area contributed by atoms with Crippen molar-refractivity contribution in [1.82, 2.24) is 4.90 Å². The molecule has 1 N–H and O–H groups in total. The van der Waals surface area contributed by atoms with E-state index in [0.29, 0.717) is 5.75 Å². The molecule has 2 aromatic carbocycles. The molecule has 1 aliphatic rings. The van der Waals surface area contributed by atoms with Gasteiger partial charge in [-0.1, -0.05) is 18.2 Å². The number of carbonyl (C=O) groups is 2. The van der Waals surface area contributed by atoms with Crippen LogP contribution in [0.15, 0.2) is 53.4 Å².